The molecule has 9 heteroatoms. The van der Waals surface area contributed by atoms with Crippen LogP contribution >= 0.6 is 0 Å². The highest BCUT2D eigenvalue weighted by Gasteiger charge is 2.33. The molecule has 3 rings (SSSR count). The highest BCUT2D eigenvalue weighted by Crippen LogP contribution is 2.32. The molecule has 25 heavy (non-hydrogen) atoms. The van der Waals surface area contributed by atoms with E-state index in [2.05, 4.69) is 10.2 Å². The molecular formula is C16H24N6O3. The summed E-state index contributed by atoms with van der Waals surface area (Å²) in [6.45, 7) is 8.18. The smallest absolute Gasteiger partial charge is 0.334 e. The molecule has 0 radical (unpaired) electrons. The lowest BCUT2D eigenvalue weighted by Gasteiger charge is -2.33. The fourth-order valence-corrected chi connectivity index (χ4v) is 3.41. The molecule has 1 aliphatic rings. The van der Waals surface area contributed by atoms with E-state index in [-0.39, 0.29) is 16.7 Å². The zero-order valence-corrected chi connectivity index (χ0v) is 15.1. The molecule has 1 fully saturated rings. The van der Waals surface area contributed by atoms with Crippen LogP contribution in [0.15, 0.2) is 6.07 Å². The lowest BCUT2D eigenvalue weighted by atomic mass is 10.2. The van der Waals surface area contributed by atoms with Gasteiger partial charge in [-0.1, -0.05) is 6.92 Å². The second-order valence-electron chi connectivity index (χ2n) is 6.40. The minimum Gasteiger partial charge on any atom is -0.373 e. The number of ether oxygens (including phenoxy) is 1. The Kier molecular flexibility index (Phi) is 4.76. The van der Waals surface area contributed by atoms with Gasteiger partial charge in [0.1, 0.15) is 5.69 Å². The average molecular weight is 348 g/mol. The summed E-state index contributed by atoms with van der Waals surface area (Å²) in [4.78, 5) is 13.2. The number of rotatable bonds is 5. The van der Waals surface area contributed by atoms with Gasteiger partial charge in [-0.05, 0) is 26.3 Å². The second-order valence-corrected chi connectivity index (χ2v) is 6.40. The minimum atomic E-state index is -0.327. The van der Waals surface area contributed by atoms with Crippen LogP contribution in [0.2, 0.25) is 0 Å². The molecule has 0 aromatic carbocycles. The third-order valence-electron chi connectivity index (χ3n) is 4.50. The van der Waals surface area contributed by atoms with Gasteiger partial charge in [0, 0.05) is 25.8 Å². The van der Waals surface area contributed by atoms with E-state index in [0.717, 1.165) is 11.4 Å². The molecule has 0 saturated carbocycles. The van der Waals surface area contributed by atoms with E-state index in [1.165, 1.54) is 0 Å². The van der Waals surface area contributed by atoms with Crippen molar-refractivity contribution in [2.24, 2.45) is 7.05 Å². The van der Waals surface area contributed by atoms with Crippen molar-refractivity contribution in [2.45, 2.75) is 39.8 Å². The first-order chi connectivity index (χ1) is 11.9. The average Bonchev–Trinajstić information content (AvgIpc) is 3.06. The van der Waals surface area contributed by atoms with Crippen LogP contribution in [0.3, 0.4) is 0 Å². The molecule has 2 aromatic rings. The third kappa shape index (κ3) is 3.37. The Bertz CT molecular complexity index is 781. The van der Waals surface area contributed by atoms with Crippen molar-refractivity contribution in [1.29, 1.82) is 0 Å². The number of anilines is 1. The van der Waals surface area contributed by atoms with Crippen molar-refractivity contribution in [2.75, 3.05) is 24.6 Å². The lowest BCUT2D eigenvalue weighted by molar-refractivity contribution is -0.384. The van der Waals surface area contributed by atoms with E-state index in [9.17, 15) is 10.1 Å². The molecule has 136 valence electrons. The van der Waals surface area contributed by atoms with Gasteiger partial charge in [-0.15, -0.1) is 0 Å². The Morgan fingerprint density at radius 1 is 1.40 bits per heavy atom. The van der Waals surface area contributed by atoms with Gasteiger partial charge < -0.3 is 9.64 Å². The maximum absolute atomic E-state index is 11.6. The van der Waals surface area contributed by atoms with Crippen LogP contribution in [-0.2, 0) is 24.8 Å². The van der Waals surface area contributed by atoms with E-state index < -0.39 is 0 Å². The first kappa shape index (κ1) is 17.4. The van der Waals surface area contributed by atoms with Crippen molar-refractivity contribution < 1.29 is 9.66 Å². The highest BCUT2D eigenvalue weighted by molar-refractivity contribution is 5.62. The van der Waals surface area contributed by atoms with E-state index in [1.54, 1.807) is 11.7 Å². The van der Waals surface area contributed by atoms with Gasteiger partial charge >= 0.3 is 5.69 Å². The summed E-state index contributed by atoms with van der Waals surface area (Å²) in [5.74, 6) is 0.559. The molecule has 0 amide bonds. The van der Waals surface area contributed by atoms with Gasteiger partial charge in [-0.2, -0.15) is 10.2 Å². The van der Waals surface area contributed by atoms with Crippen LogP contribution in [-0.4, -0.2) is 50.3 Å². The molecule has 1 unspecified atom stereocenters. The van der Waals surface area contributed by atoms with Crippen molar-refractivity contribution in [3.05, 3.63) is 33.3 Å². The first-order valence-corrected chi connectivity index (χ1v) is 8.48. The number of aryl methyl sites for hydroxylation is 4. The number of nitrogens with zero attached hydrogens (tertiary/aromatic N) is 6. The summed E-state index contributed by atoms with van der Waals surface area (Å²) < 4.78 is 9.41. The molecule has 2 aromatic heterocycles. The Labute approximate surface area is 146 Å². The predicted octanol–water partition coefficient (Wildman–Crippen LogP) is 1.61. The summed E-state index contributed by atoms with van der Waals surface area (Å²) in [6, 6.07) is 2.03. The number of hydrogen-bond donors (Lipinski definition) is 0. The largest absolute Gasteiger partial charge is 0.373 e. The Morgan fingerprint density at radius 3 is 2.76 bits per heavy atom. The standard InChI is InChI=1S/C16H24N6O3/c1-5-14-15(22(23)24)16(19(4)18-14)20-6-7-25-13(9-20)10-21-12(3)8-11(2)17-21/h8,13H,5-7,9-10H2,1-4H3. The molecule has 0 spiro atoms. The van der Waals surface area contributed by atoms with Crippen LogP contribution in [0.4, 0.5) is 11.5 Å². The quantitative estimate of drug-likeness (QED) is 0.602. The molecule has 0 bridgehead atoms. The summed E-state index contributed by atoms with van der Waals surface area (Å²) in [5.41, 5.74) is 2.68. The fourth-order valence-electron chi connectivity index (χ4n) is 3.41. The van der Waals surface area contributed by atoms with E-state index in [0.29, 0.717) is 44.2 Å². The van der Waals surface area contributed by atoms with Gasteiger partial charge in [0.15, 0.2) is 0 Å². The molecule has 0 N–H and O–H groups in total. The molecule has 3 heterocycles. The summed E-state index contributed by atoms with van der Waals surface area (Å²) in [7, 11) is 1.76. The molecule has 1 saturated heterocycles. The van der Waals surface area contributed by atoms with Gasteiger partial charge in [0.05, 0.1) is 29.9 Å². The fraction of sp³-hybridized carbons (Fsp3) is 0.625. The number of aromatic nitrogens is 4. The zero-order valence-electron chi connectivity index (χ0n) is 15.1. The number of hydrogen-bond acceptors (Lipinski definition) is 6. The maximum Gasteiger partial charge on any atom is 0.334 e. The second kappa shape index (κ2) is 6.83. The normalized spacial score (nSPS) is 17.9. The van der Waals surface area contributed by atoms with Crippen molar-refractivity contribution in [3.63, 3.8) is 0 Å². The van der Waals surface area contributed by atoms with E-state index in [4.69, 9.17) is 4.74 Å². The first-order valence-electron chi connectivity index (χ1n) is 8.48. The van der Waals surface area contributed by atoms with Crippen LogP contribution in [0.25, 0.3) is 0 Å². The van der Waals surface area contributed by atoms with Crippen molar-refractivity contribution in [1.82, 2.24) is 19.6 Å². The van der Waals surface area contributed by atoms with Gasteiger partial charge in [0.25, 0.3) is 0 Å². The van der Waals surface area contributed by atoms with Gasteiger partial charge in [-0.25, -0.2) is 4.68 Å². The van der Waals surface area contributed by atoms with E-state index >= 15 is 0 Å². The van der Waals surface area contributed by atoms with Crippen LogP contribution in [0, 0.1) is 24.0 Å². The predicted molar refractivity (Wildman–Crippen MR) is 92.9 cm³/mol. The van der Waals surface area contributed by atoms with Gasteiger partial charge in [-0.3, -0.25) is 14.8 Å². The molecule has 1 atom stereocenters. The maximum atomic E-state index is 11.6. The Hall–Kier alpha value is -2.42. The van der Waals surface area contributed by atoms with Crippen LogP contribution < -0.4 is 4.90 Å². The molecule has 1 aliphatic heterocycles. The number of nitro groups is 1. The summed E-state index contributed by atoms with van der Waals surface area (Å²) in [6.07, 6.45) is 0.454. The topological polar surface area (TPSA) is 91.2 Å². The van der Waals surface area contributed by atoms with Crippen molar-refractivity contribution in [3.8, 4) is 0 Å². The lowest BCUT2D eigenvalue weighted by Crippen LogP contribution is -2.45. The van der Waals surface area contributed by atoms with Gasteiger partial charge in [0.2, 0.25) is 5.82 Å². The third-order valence-corrected chi connectivity index (χ3v) is 4.50. The zero-order chi connectivity index (χ0) is 18.1. The van der Waals surface area contributed by atoms with Crippen LogP contribution in [0.5, 0.6) is 0 Å². The van der Waals surface area contributed by atoms with E-state index in [1.807, 2.05) is 36.4 Å². The molecule has 0 aliphatic carbocycles. The molecule has 9 nitrogen and oxygen atoms in total. The SMILES string of the molecule is CCc1nn(C)c(N2CCOC(Cn3nc(C)cc3C)C2)c1[N+](=O)[O-]. The highest BCUT2D eigenvalue weighted by atomic mass is 16.6. The summed E-state index contributed by atoms with van der Waals surface area (Å²) in [5, 5.41) is 20.4. The van der Waals surface area contributed by atoms with Crippen LogP contribution in [0.1, 0.15) is 24.0 Å². The Morgan fingerprint density at radius 2 is 2.16 bits per heavy atom. The Balaban J connectivity index is 1.83. The number of morpholine rings is 1. The minimum absolute atomic E-state index is 0.0775. The summed E-state index contributed by atoms with van der Waals surface area (Å²) >= 11 is 0. The molecular weight excluding hydrogens is 324 g/mol. The monoisotopic (exact) mass is 348 g/mol. The van der Waals surface area contributed by atoms with Crippen molar-refractivity contribution >= 4 is 11.5 Å².